The summed E-state index contributed by atoms with van der Waals surface area (Å²) in [7, 11) is 0. The largest absolute Gasteiger partial charge is 0.462 e. The van der Waals surface area contributed by atoms with E-state index >= 15 is 0 Å². The first-order valence-corrected chi connectivity index (χ1v) is 15.0. The number of rotatable bonds is 18. The van der Waals surface area contributed by atoms with Gasteiger partial charge in [0.25, 0.3) is 0 Å². The number of hydrogen-bond acceptors (Lipinski definition) is 10. The van der Waals surface area contributed by atoms with Crippen molar-refractivity contribution in [1.29, 1.82) is 0 Å². The number of fused-ring (bicyclic) bond motifs is 1. The maximum absolute atomic E-state index is 12.5. The predicted octanol–water partition coefficient (Wildman–Crippen LogP) is 2.01. The zero-order valence-electron chi connectivity index (χ0n) is 25.2. The van der Waals surface area contributed by atoms with Crippen LogP contribution >= 0.6 is 0 Å². The molecule has 4 fully saturated rings. The first kappa shape index (κ1) is 33.8. The lowest BCUT2D eigenvalue weighted by atomic mass is 9.58. The Bertz CT molecular complexity index is 1020. The maximum atomic E-state index is 12.5. The monoisotopic (exact) mass is 604 g/mol. The third kappa shape index (κ3) is 10.2. The van der Waals surface area contributed by atoms with Crippen molar-refractivity contribution < 1.29 is 47.7 Å². The second kappa shape index (κ2) is 16.2. The van der Waals surface area contributed by atoms with Gasteiger partial charge in [-0.2, -0.15) is 0 Å². The van der Waals surface area contributed by atoms with Gasteiger partial charge in [-0.15, -0.1) is 0 Å². The minimum absolute atomic E-state index is 0.00884. The Morgan fingerprint density at radius 3 is 1.30 bits per heavy atom. The molecule has 0 aromatic rings. The molecule has 0 spiro atoms. The van der Waals surface area contributed by atoms with Crippen molar-refractivity contribution >= 4 is 35.7 Å². The summed E-state index contributed by atoms with van der Waals surface area (Å²) < 4.78 is 19.7. The van der Waals surface area contributed by atoms with Gasteiger partial charge in [0.05, 0.1) is 12.8 Å². The average Bonchev–Trinajstić information content (AvgIpc) is 3.56. The fraction of sp³-hybridized carbons (Fsp3) is 0.677. The molecule has 12 nitrogen and oxygen atoms in total. The van der Waals surface area contributed by atoms with Crippen molar-refractivity contribution in [3.63, 3.8) is 0 Å². The molecule has 0 heterocycles. The van der Waals surface area contributed by atoms with Crippen LogP contribution in [0.4, 0.5) is 0 Å². The minimum atomic E-state index is -0.556. The van der Waals surface area contributed by atoms with Gasteiger partial charge in [0.2, 0.25) is 11.8 Å². The van der Waals surface area contributed by atoms with Crippen molar-refractivity contribution in [3.05, 3.63) is 24.3 Å². The summed E-state index contributed by atoms with van der Waals surface area (Å²) in [6, 6.07) is 0. The SMILES string of the molecule is C=C(C)C(=O)OCCOC(=O)CCC(=O)NCC1C2CC3CC2CC3C1CNC(=O)CCC(=O)OCCOC(=O)C(=C)C. The van der Waals surface area contributed by atoms with Gasteiger partial charge >= 0.3 is 23.9 Å². The van der Waals surface area contributed by atoms with Gasteiger partial charge in [-0.05, 0) is 68.6 Å². The fourth-order valence-electron chi connectivity index (χ4n) is 6.70. The number of esters is 4. The van der Waals surface area contributed by atoms with Crippen molar-refractivity contribution in [3.8, 4) is 0 Å². The second-order valence-corrected chi connectivity index (χ2v) is 11.8. The standard InChI is InChI=1S/C31H44N2O10/c1-18(2)30(38)42-11-9-40-28(36)7-5-26(34)32-16-24-22-14-21-13-20(22)15-23(21)25(24)17-33-27(35)6-8-29(37)41-10-12-43-31(39)19(3)4/h20-25H,1,3,5-17H2,2,4H3,(H,32,34)(H,33,35). The first-order chi connectivity index (χ1) is 20.5. The van der Waals surface area contributed by atoms with Crippen molar-refractivity contribution in [2.45, 2.75) is 58.8 Å². The van der Waals surface area contributed by atoms with Crippen LogP contribution in [-0.2, 0) is 47.7 Å². The summed E-state index contributed by atoms with van der Waals surface area (Å²) in [6.45, 7) is 10.6. The lowest BCUT2D eigenvalue weighted by Gasteiger charge is -2.48. The quantitative estimate of drug-likeness (QED) is 0.102. The van der Waals surface area contributed by atoms with E-state index in [-0.39, 0.29) is 86.9 Å². The van der Waals surface area contributed by atoms with Crippen molar-refractivity contribution in [1.82, 2.24) is 10.6 Å². The molecule has 2 N–H and O–H groups in total. The Kier molecular flexibility index (Phi) is 12.8. The Labute approximate surface area is 252 Å². The molecular weight excluding hydrogens is 560 g/mol. The number of ether oxygens (including phenoxy) is 4. The highest BCUT2D eigenvalue weighted by molar-refractivity contribution is 5.87. The van der Waals surface area contributed by atoms with Crippen LogP contribution in [0.3, 0.4) is 0 Å². The average molecular weight is 605 g/mol. The molecule has 12 heteroatoms. The normalized spacial score (nSPS) is 24.5. The van der Waals surface area contributed by atoms with E-state index in [4.69, 9.17) is 18.9 Å². The molecule has 0 aromatic heterocycles. The van der Waals surface area contributed by atoms with Crippen molar-refractivity contribution in [2.75, 3.05) is 39.5 Å². The zero-order valence-corrected chi connectivity index (χ0v) is 25.2. The molecule has 0 saturated heterocycles. The third-order valence-electron chi connectivity index (χ3n) is 8.65. The van der Waals surface area contributed by atoms with E-state index < -0.39 is 23.9 Å². The highest BCUT2D eigenvalue weighted by Gasteiger charge is 2.58. The molecule has 6 unspecified atom stereocenters. The highest BCUT2D eigenvalue weighted by Crippen LogP contribution is 2.63. The maximum Gasteiger partial charge on any atom is 0.333 e. The van der Waals surface area contributed by atoms with E-state index in [0.29, 0.717) is 36.8 Å². The highest BCUT2D eigenvalue weighted by atomic mass is 16.6. The van der Waals surface area contributed by atoms with Crippen molar-refractivity contribution in [2.24, 2.45) is 35.5 Å². The van der Waals surface area contributed by atoms with Crippen LogP contribution < -0.4 is 10.6 Å². The number of amides is 2. The van der Waals surface area contributed by atoms with Crippen LogP contribution in [0.1, 0.15) is 58.8 Å². The summed E-state index contributed by atoms with van der Waals surface area (Å²) in [5, 5.41) is 5.97. The summed E-state index contributed by atoms with van der Waals surface area (Å²) in [6.07, 6.45) is 3.32. The molecule has 0 aromatic carbocycles. The Morgan fingerprint density at radius 2 is 0.953 bits per heavy atom. The summed E-state index contributed by atoms with van der Waals surface area (Å²) in [4.78, 5) is 71.6. The van der Waals surface area contributed by atoms with Gasteiger partial charge in [-0.25, -0.2) is 9.59 Å². The molecule has 4 bridgehead atoms. The van der Waals surface area contributed by atoms with Gasteiger partial charge in [0.1, 0.15) is 26.4 Å². The predicted molar refractivity (Wildman–Crippen MR) is 153 cm³/mol. The molecule has 0 aliphatic heterocycles. The van der Waals surface area contributed by atoms with E-state index in [1.54, 1.807) is 0 Å². The molecule has 6 atom stereocenters. The fourth-order valence-corrected chi connectivity index (χ4v) is 6.70. The Hall–Kier alpha value is -3.70. The lowest BCUT2D eigenvalue weighted by Crippen LogP contribution is -2.50. The molecule has 4 aliphatic carbocycles. The van der Waals surface area contributed by atoms with Gasteiger partial charge in [-0.1, -0.05) is 13.2 Å². The molecule has 4 aliphatic rings. The number of hydrogen-bond donors (Lipinski definition) is 2. The van der Waals surface area contributed by atoms with Gasteiger partial charge < -0.3 is 29.6 Å². The van der Waals surface area contributed by atoms with E-state index in [2.05, 4.69) is 23.8 Å². The molecule has 4 rings (SSSR count). The van der Waals surface area contributed by atoms with Gasteiger partial charge in [-0.3, -0.25) is 19.2 Å². The summed E-state index contributed by atoms with van der Waals surface area (Å²) in [5.74, 6) is 0.0799. The van der Waals surface area contributed by atoms with Crippen LogP contribution in [0.2, 0.25) is 0 Å². The summed E-state index contributed by atoms with van der Waals surface area (Å²) >= 11 is 0. The van der Waals surface area contributed by atoms with Crippen LogP contribution in [0.25, 0.3) is 0 Å². The minimum Gasteiger partial charge on any atom is -0.462 e. The lowest BCUT2D eigenvalue weighted by molar-refractivity contribution is -0.150. The summed E-state index contributed by atoms with van der Waals surface area (Å²) in [5.41, 5.74) is 0.512. The van der Waals surface area contributed by atoms with Crippen LogP contribution in [-0.4, -0.2) is 75.2 Å². The van der Waals surface area contributed by atoms with E-state index in [0.717, 1.165) is 12.8 Å². The Morgan fingerprint density at radius 1 is 0.581 bits per heavy atom. The molecule has 238 valence electrons. The molecule has 4 saturated carbocycles. The van der Waals surface area contributed by atoms with Gasteiger partial charge in [0.15, 0.2) is 0 Å². The van der Waals surface area contributed by atoms with Gasteiger partial charge in [0, 0.05) is 37.1 Å². The van der Waals surface area contributed by atoms with E-state index in [9.17, 15) is 28.8 Å². The second-order valence-electron chi connectivity index (χ2n) is 11.8. The van der Waals surface area contributed by atoms with Crippen LogP contribution in [0, 0.1) is 35.5 Å². The Balaban J connectivity index is 1.35. The van der Waals surface area contributed by atoms with E-state index in [1.807, 2.05) is 0 Å². The smallest absolute Gasteiger partial charge is 0.333 e. The number of carbonyl (C=O) groups excluding carboxylic acids is 6. The van der Waals surface area contributed by atoms with E-state index in [1.165, 1.54) is 20.3 Å². The molecule has 2 amide bonds. The third-order valence-corrected chi connectivity index (χ3v) is 8.65. The van der Waals surface area contributed by atoms with Crippen LogP contribution in [0.15, 0.2) is 24.3 Å². The molecule has 0 radical (unpaired) electrons. The number of nitrogens with one attached hydrogen (secondary N) is 2. The number of carbonyl (C=O) groups is 6. The van der Waals surface area contributed by atoms with Crippen LogP contribution in [0.5, 0.6) is 0 Å². The zero-order chi connectivity index (χ0) is 31.5. The topological polar surface area (TPSA) is 163 Å². The molecule has 43 heavy (non-hydrogen) atoms. The molecular formula is C31H44N2O10. The first-order valence-electron chi connectivity index (χ1n) is 15.0.